The Morgan fingerprint density at radius 1 is 0.900 bits per heavy atom. The number of carbonyl (C=O) groups excluding carboxylic acids is 2. The molecule has 0 atom stereocenters. The summed E-state index contributed by atoms with van der Waals surface area (Å²) >= 11 is 0. The number of amides is 2. The first kappa shape index (κ1) is 17.9. The Bertz CT molecular complexity index is 1160. The van der Waals surface area contributed by atoms with Crippen LogP contribution < -0.4 is 14.8 Å². The van der Waals surface area contributed by atoms with Crippen molar-refractivity contribution in [3.05, 3.63) is 89.9 Å². The van der Waals surface area contributed by atoms with Crippen molar-refractivity contribution in [1.82, 2.24) is 9.88 Å². The Morgan fingerprint density at radius 3 is 2.50 bits per heavy atom. The largest absolute Gasteiger partial charge is 0.454 e. The van der Waals surface area contributed by atoms with Crippen LogP contribution in [-0.4, -0.2) is 28.5 Å². The maximum absolute atomic E-state index is 13.2. The SMILES string of the molecule is O=C1C(Nc2ccc3c(c2)OCO3)=C(c2ccccc2)C(=O)N1Cc1ccccn1. The van der Waals surface area contributed by atoms with Crippen LogP contribution in [-0.2, 0) is 16.1 Å². The molecule has 2 amide bonds. The van der Waals surface area contributed by atoms with Crippen molar-refractivity contribution in [3.63, 3.8) is 0 Å². The third-order valence-corrected chi connectivity index (χ3v) is 4.92. The lowest BCUT2D eigenvalue weighted by Crippen LogP contribution is -2.32. The molecule has 0 aliphatic carbocycles. The lowest BCUT2D eigenvalue weighted by molar-refractivity contribution is -0.137. The molecule has 0 saturated carbocycles. The van der Waals surface area contributed by atoms with E-state index in [0.29, 0.717) is 34.0 Å². The zero-order chi connectivity index (χ0) is 20.5. The normalized spacial score (nSPS) is 15.1. The average molecular weight is 399 g/mol. The van der Waals surface area contributed by atoms with Gasteiger partial charge in [0.2, 0.25) is 6.79 Å². The molecule has 0 bridgehead atoms. The first-order valence-electron chi connectivity index (χ1n) is 9.43. The number of carbonyl (C=O) groups is 2. The molecular formula is C23H17N3O4. The van der Waals surface area contributed by atoms with Crippen molar-refractivity contribution in [3.8, 4) is 11.5 Å². The van der Waals surface area contributed by atoms with Gasteiger partial charge in [-0.2, -0.15) is 0 Å². The van der Waals surface area contributed by atoms with Gasteiger partial charge in [0, 0.05) is 18.0 Å². The van der Waals surface area contributed by atoms with Crippen LogP contribution in [0.4, 0.5) is 5.69 Å². The number of hydrogen-bond acceptors (Lipinski definition) is 6. The standard InChI is InChI=1S/C23H17N3O4/c27-22-20(15-6-2-1-3-7-15)21(23(28)26(22)13-17-8-4-5-11-24-17)25-16-9-10-18-19(12-16)30-14-29-18/h1-12,25H,13-14H2. The zero-order valence-corrected chi connectivity index (χ0v) is 15.9. The highest BCUT2D eigenvalue weighted by Crippen LogP contribution is 2.36. The number of pyridine rings is 1. The van der Waals surface area contributed by atoms with Crippen molar-refractivity contribution < 1.29 is 19.1 Å². The Labute approximate surface area is 172 Å². The van der Waals surface area contributed by atoms with Gasteiger partial charge < -0.3 is 14.8 Å². The monoisotopic (exact) mass is 399 g/mol. The van der Waals surface area contributed by atoms with E-state index in [4.69, 9.17) is 9.47 Å². The van der Waals surface area contributed by atoms with E-state index in [2.05, 4.69) is 10.3 Å². The number of ether oxygens (including phenoxy) is 2. The van der Waals surface area contributed by atoms with E-state index in [0.717, 1.165) is 0 Å². The van der Waals surface area contributed by atoms with Gasteiger partial charge in [-0.25, -0.2) is 0 Å². The molecule has 3 heterocycles. The van der Waals surface area contributed by atoms with Crippen LogP contribution in [0.5, 0.6) is 11.5 Å². The van der Waals surface area contributed by atoms with E-state index in [1.807, 2.05) is 36.4 Å². The van der Waals surface area contributed by atoms with Crippen LogP contribution >= 0.6 is 0 Å². The smallest absolute Gasteiger partial charge is 0.278 e. The summed E-state index contributed by atoms with van der Waals surface area (Å²) in [5.74, 6) is 0.467. The molecule has 0 spiro atoms. The van der Waals surface area contributed by atoms with Crippen LogP contribution in [0.25, 0.3) is 5.57 Å². The first-order chi connectivity index (χ1) is 14.7. The third-order valence-electron chi connectivity index (χ3n) is 4.92. The van der Waals surface area contributed by atoms with E-state index < -0.39 is 5.91 Å². The van der Waals surface area contributed by atoms with Crippen molar-refractivity contribution in [2.75, 3.05) is 12.1 Å². The van der Waals surface area contributed by atoms with E-state index in [-0.39, 0.29) is 24.9 Å². The summed E-state index contributed by atoms with van der Waals surface area (Å²) in [6.07, 6.45) is 1.64. The molecule has 7 heteroatoms. The second-order valence-corrected chi connectivity index (χ2v) is 6.83. The topological polar surface area (TPSA) is 80.8 Å². The number of nitrogens with one attached hydrogen (secondary N) is 1. The number of aromatic nitrogens is 1. The fourth-order valence-electron chi connectivity index (χ4n) is 3.48. The minimum atomic E-state index is -0.401. The molecule has 148 valence electrons. The lowest BCUT2D eigenvalue weighted by atomic mass is 10.0. The Kier molecular flexibility index (Phi) is 4.40. The van der Waals surface area contributed by atoms with Crippen molar-refractivity contribution in [2.24, 2.45) is 0 Å². The fourth-order valence-corrected chi connectivity index (χ4v) is 3.48. The predicted molar refractivity (Wildman–Crippen MR) is 109 cm³/mol. The molecule has 30 heavy (non-hydrogen) atoms. The zero-order valence-electron chi connectivity index (χ0n) is 15.9. The van der Waals surface area contributed by atoms with Gasteiger partial charge in [-0.1, -0.05) is 36.4 Å². The van der Waals surface area contributed by atoms with Gasteiger partial charge in [-0.3, -0.25) is 19.5 Å². The summed E-state index contributed by atoms with van der Waals surface area (Å²) in [7, 11) is 0. The molecule has 1 N–H and O–H groups in total. The molecule has 2 aliphatic rings. The fraction of sp³-hybridized carbons (Fsp3) is 0.0870. The number of benzene rings is 2. The Hall–Kier alpha value is -4.13. The summed E-state index contributed by atoms with van der Waals surface area (Å²) in [6.45, 7) is 0.257. The van der Waals surface area contributed by atoms with Crippen LogP contribution in [0.1, 0.15) is 11.3 Å². The molecule has 0 saturated heterocycles. The van der Waals surface area contributed by atoms with E-state index in [9.17, 15) is 9.59 Å². The van der Waals surface area contributed by atoms with Gasteiger partial charge in [-0.05, 0) is 29.8 Å². The minimum absolute atomic E-state index is 0.0984. The molecule has 2 aromatic carbocycles. The quantitative estimate of drug-likeness (QED) is 0.664. The highest BCUT2D eigenvalue weighted by Gasteiger charge is 2.39. The maximum atomic E-state index is 13.2. The lowest BCUT2D eigenvalue weighted by Gasteiger charge is -2.14. The molecule has 1 aromatic heterocycles. The highest BCUT2D eigenvalue weighted by atomic mass is 16.7. The molecule has 5 rings (SSSR count). The molecule has 2 aliphatic heterocycles. The number of rotatable bonds is 5. The van der Waals surface area contributed by atoms with Gasteiger partial charge in [0.1, 0.15) is 5.70 Å². The molecule has 3 aromatic rings. The number of imide groups is 1. The average Bonchev–Trinajstić information content (AvgIpc) is 3.33. The summed E-state index contributed by atoms with van der Waals surface area (Å²) < 4.78 is 10.8. The minimum Gasteiger partial charge on any atom is -0.454 e. The second kappa shape index (κ2) is 7.36. The summed E-state index contributed by atoms with van der Waals surface area (Å²) in [4.78, 5) is 31.9. The third kappa shape index (κ3) is 3.16. The van der Waals surface area contributed by atoms with E-state index in [1.165, 1.54) is 4.90 Å². The van der Waals surface area contributed by atoms with Gasteiger partial charge in [0.05, 0.1) is 17.8 Å². The van der Waals surface area contributed by atoms with Gasteiger partial charge in [-0.15, -0.1) is 0 Å². The molecule has 0 radical (unpaired) electrons. The van der Waals surface area contributed by atoms with Crippen molar-refractivity contribution in [1.29, 1.82) is 0 Å². The van der Waals surface area contributed by atoms with Crippen molar-refractivity contribution >= 4 is 23.1 Å². The number of anilines is 1. The van der Waals surface area contributed by atoms with Gasteiger partial charge in [0.15, 0.2) is 11.5 Å². The molecule has 0 fully saturated rings. The van der Waals surface area contributed by atoms with Crippen LogP contribution in [0.15, 0.2) is 78.6 Å². The second-order valence-electron chi connectivity index (χ2n) is 6.83. The van der Waals surface area contributed by atoms with Gasteiger partial charge in [0.25, 0.3) is 11.8 Å². The molecule has 7 nitrogen and oxygen atoms in total. The molecule has 0 unspecified atom stereocenters. The van der Waals surface area contributed by atoms with E-state index >= 15 is 0 Å². The summed E-state index contributed by atoms with van der Waals surface area (Å²) in [5, 5.41) is 3.13. The first-order valence-corrected chi connectivity index (χ1v) is 9.43. The Morgan fingerprint density at radius 2 is 1.70 bits per heavy atom. The summed E-state index contributed by atoms with van der Waals surface area (Å²) in [5.41, 5.74) is 2.48. The van der Waals surface area contributed by atoms with E-state index in [1.54, 1.807) is 36.5 Å². The van der Waals surface area contributed by atoms with Crippen LogP contribution in [0.2, 0.25) is 0 Å². The van der Waals surface area contributed by atoms with Crippen molar-refractivity contribution in [2.45, 2.75) is 6.54 Å². The number of nitrogens with zero attached hydrogens (tertiary/aromatic N) is 2. The summed E-state index contributed by atoms with van der Waals surface area (Å²) in [6, 6.07) is 19.8. The van der Waals surface area contributed by atoms with Gasteiger partial charge >= 0.3 is 0 Å². The highest BCUT2D eigenvalue weighted by molar-refractivity contribution is 6.36. The number of fused-ring (bicyclic) bond motifs is 1. The Balaban J connectivity index is 1.52. The molecular weight excluding hydrogens is 382 g/mol. The van der Waals surface area contributed by atoms with Crippen LogP contribution in [0, 0.1) is 0 Å². The maximum Gasteiger partial charge on any atom is 0.278 e. The van der Waals surface area contributed by atoms with Crippen LogP contribution in [0.3, 0.4) is 0 Å². The predicted octanol–water partition coefficient (Wildman–Crippen LogP) is 3.20. The number of hydrogen-bond donors (Lipinski definition) is 1.